The van der Waals surface area contributed by atoms with E-state index < -0.39 is 0 Å². The van der Waals surface area contributed by atoms with Crippen LogP contribution in [0, 0.1) is 6.92 Å². The largest absolute Gasteiger partial charge is 0.337 e. The van der Waals surface area contributed by atoms with Crippen LogP contribution in [-0.4, -0.2) is 33.4 Å². The van der Waals surface area contributed by atoms with Gasteiger partial charge in [0.1, 0.15) is 5.82 Å². The van der Waals surface area contributed by atoms with Gasteiger partial charge in [-0.25, -0.2) is 4.98 Å². The van der Waals surface area contributed by atoms with E-state index in [1.54, 1.807) is 0 Å². The number of hydrogen-bond donors (Lipinski definition) is 0. The van der Waals surface area contributed by atoms with Crippen LogP contribution in [-0.2, 0) is 4.79 Å². The van der Waals surface area contributed by atoms with Gasteiger partial charge >= 0.3 is 0 Å². The van der Waals surface area contributed by atoms with Crippen LogP contribution in [0.1, 0.15) is 30.8 Å². The average Bonchev–Trinajstić information content (AvgIpc) is 3.25. The van der Waals surface area contributed by atoms with Crippen molar-refractivity contribution in [2.75, 3.05) is 13.1 Å². The van der Waals surface area contributed by atoms with E-state index in [9.17, 15) is 4.79 Å². The number of nitrogens with zero attached hydrogens (tertiary/aromatic N) is 3. The van der Waals surface area contributed by atoms with Crippen molar-refractivity contribution in [2.24, 2.45) is 0 Å². The first-order valence-electron chi connectivity index (χ1n) is 9.09. The van der Waals surface area contributed by atoms with Crippen molar-refractivity contribution in [3.05, 3.63) is 71.6 Å². The number of benzene rings is 2. The summed E-state index contributed by atoms with van der Waals surface area (Å²) in [5.74, 6) is 1.14. The Labute approximate surface area is 153 Å². The third-order valence-corrected chi connectivity index (χ3v) is 5.11. The van der Waals surface area contributed by atoms with Crippen LogP contribution in [0.2, 0.25) is 0 Å². The molecular formula is C22H23N3O. The molecule has 1 aliphatic rings. The normalized spacial score (nSPS) is 17.8. The van der Waals surface area contributed by atoms with Crippen molar-refractivity contribution < 1.29 is 4.79 Å². The molecule has 2 aromatic carbocycles. The first-order valence-corrected chi connectivity index (χ1v) is 9.09. The number of imidazole rings is 1. The van der Waals surface area contributed by atoms with E-state index in [1.165, 1.54) is 0 Å². The monoisotopic (exact) mass is 345 g/mol. The number of fused-ring (bicyclic) bond motifs is 1. The van der Waals surface area contributed by atoms with Gasteiger partial charge in [-0.2, -0.15) is 0 Å². The fraction of sp³-hybridized carbons (Fsp3) is 0.273. The Bertz CT molecular complexity index is 971. The van der Waals surface area contributed by atoms with E-state index in [1.807, 2.05) is 73.4 Å². The van der Waals surface area contributed by atoms with Gasteiger partial charge in [-0.1, -0.05) is 42.5 Å². The van der Waals surface area contributed by atoms with Crippen LogP contribution in [0.4, 0.5) is 0 Å². The molecule has 0 saturated carbocycles. The molecule has 4 rings (SSSR count). The van der Waals surface area contributed by atoms with Crippen molar-refractivity contribution in [1.29, 1.82) is 0 Å². The SMILES string of the molecule is C/C(=C\c1ccccc1)C(=O)N1CC[C@H](n2c(C)nc3ccccc32)C1. The number of carbonyl (C=O) groups excluding carboxylic acids is 1. The lowest BCUT2D eigenvalue weighted by atomic mass is 10.1. The lowest BCUT2D eigenvalue weighted by molar-refractivity contribution is -0.126. The number of hydrogen-bond acceptors (Lipinski definition) is 2. The van der Waals surface area contributed by atoms with E-state index in [4.69, 9.17) is 0 Å². The summed E-state index contributed by atoms with van der Waals surface area (Å²) < 4.78 is 2.29. The van der Waals surface area contributed by atoms with Crippen LogP contribution < -0.4 is 0 Å². The highest BCUT2D eigenvalue weighted by molar-refractivity contribution is 5.97. The number of carbonyl (C=O) groups is 1. The summed E-state index contributed by atoms with van der Waals surface area (Å²) in [7, 11) is 0. The molecule has 0 aliphatic carbocycles. The smallest absolute Gasteiger partial charge is 0.249 e. The molecule has 0 bridgehead atoms. The number of rotatable bonds is 3. The highest BCUT2D eigenvalue weighted by Gasteiger charge is 2.29. The molecule has 0 unspecified atom stereocenters. The molecule has 1 aliphatic heterocycles. The predicted octanol–water partition coefficient (Wildman–Crippen LogP) is 4.22. The maximum absolute atomic E-state index is 12.8. The number of para-hydroxylation sites is 2. The van der Waals surface area contributed by atoms with Crippen molar-refractivity contribution in [3.8, 4) is 0 Å². The lowest BCUT2D eigenvalue weighted by Gasteiger charge is -2.19. The van der Waals surface area contributed by atoms with Crippen molar-refractivity contribution >= 4 is 23.0 Å². The Morgan fingerprint density at radius 3 is 2.65 bits per heavy atom. The maximum atomic E-state index is 12.8. The maximum Gasteiger partial charge on any atom is 0.249 e. The minimum atomic E-state index is 0.124. The molecule has 1 fully saturated rings. The Balaban J connectivity index is 1.54. The topological polar surface area (TPSA) is 38.1 Å². The van der Waals surface area contributed by atoms with Crippen molar-refractivity contribution in [3.63, 3.8) is 0 Å². The van der Waals surface area contributed by atoms with E-state index >= 15 is 0 Å². The van der Waals surface area contributed by atoms with Crippen LogP contribution in [0.15, 0.2) is 60.2 Å². The Kier molecular flexibility index (Phi) is 4.33. The second-order valence-corrected chi connectivity index (χ2v) is 6.95. The fourth-order valence-corrected chi connectivity index (χ4v) is 3.87. The van der Waals surface area contributed by atoms with Gasteiger partial charge in [-0.3, -0.25) is 4.79 Å². The highest BCUT2D eigenvalue weighted by Crippen LogP contribution is 2.28. The van der Waals surface area contributed by atoms with Crippen LogP contribution in [0.3, 0.4) is 0 Å². The summed E-state index contributed by atoms with van der Waals surface area (Å²) in [6, 6.07) is 18.5. The second-order valence-electron chi connectivity index (χ2n) is 6.95. The summed E-state index contributed by atoms with van der Waals surface area (Å²) in [6.07, 6.45) is 2.93. The van der Waals surface area contributed by atoms with Crippen LogP contribution in [0.5, 0.6) is 0 Å². The summed E-state index contributed by atoms with van der Waals surface area (Å²) in [4.78, 5) is 19.5. The average molecular weight is 345 g/mol. The van der Waals surface area contributed by atoms with Gasteiger partial charge in [-0.15, -0.1) is 0 Å². The third-order valence-electron chi connectivity index (χ3n) is 5.11. The molecule has 26 heavy (non-hydrogen) atoms. The quantitative estimate of drug-likeness (QED) is 0.667. The van der Waals surface area contributed by atoms with Gasteiger partial charge < -0.3 is 9.47 Å². The molecule has 1 saturated heterocycles. The molecule has 0 spiro atoms. The predicted molar refractivity (Wildman–Crippen MR) is 105 cm³/mol. The highest BCUT2D eigenvalue weighted by atomic mass is 16.2. The number of likely N-dealkylation sites (tertiary alicyclic amines) is 1. The third kappa shape index (κ3) is 3.03. The van der Waals surface area contributed by atoms with Crippen molar-refractivity contribution in [2.45, 2.75) is 26.3 Å². The van der Waals surface area contributed by atoms with Gasteiger partial charge in [0.15, 0.2) is 0 Å². The Hall–Kier alpha value is -2.88. The molecule has 4 heteroatoms. The lowest BCUT2D eigenvalue weighted by Crippen LogP contribution is -2.29. The molecule has 0 radical (unpaired) electrons. The molecule has 2 heterocycles. The van der Waals surface area contributed by atoms with E-state index in [2.05, 4.69) is 15.6 Å². The Morgan fingerprint density at radius 2 is 1.85 bits per heavy atom. The zero-order valence-corrected chi connectivity index (χ0v) is 15.2. The molecule has 4 nitrogen and oxygen atoms in total. The van der Waals surface area contributed by atoms with Gasteiger partial charge in [0.05, 0.1) is 17.1 Å². The number of aromatic nitrogens is 2. The zero-order valence-electron chi connectivity index (χ0n) is 15.2. The van der Waals surface area contributed by atoms with E-state index in [0.717, 1.165) is 47.5 Å². The first kappa shape index (κ1) is 16.6. The minimum Gasteiger partial charge on any atom is -0.337 e. The van der Waals surface area contributed by atoms with Gasteiger partial charge in [-0.05, 0) is 44.0 Å². The number of amides is 1. The molecule has 0 N–H and O–H groups in total. The molecule has 1 amide bonds. The molecule has 1 aromatic heterocycles. The Morgan fingerprint density at radius 1 is 1.12 bits per heavy atom. The van der Waals surface area contributed by atoms with Crippen LogP contribution in [0.25, 0.3) is 17.1 Å². The van der Waals surface area contributed by atoms with Gasteiger partial charge in [0.2, 0.25) is 5.91 Å². The van der Waals surface area contributed by atoms with Gasteiger partial charge in [0.25, 0.3) is 0 Å². The number of aryl methyl sites for hydroxylation is 1. The minimum absolute atomic E-state index is 0.124. The fourth-order valence-electron chi connectivity index (χ4n) is 3.87. The van der Waals surface area contributed by atoms with Gasteiger partial charge in [0, 0.05) is 18.7 Å². The molecule has 1 atom stereocenters. The van der Waals surface area contributed by atoms with Crippen LogP contribution >= 0.6 is 0 Å². The van der Waals surface area contributed by atoms with E-state index in [0.29, 0.717) is 0 Å². The zero-order chi connectivity index (χ0) is 18.1. The van der Waals surface area contributed by atoms with Crippen molar-refractivity contribution in [1.82, 2.24) is 14.5 Å². The standard InChI is InChI=1S/C22H23N3O/c1-16(14-18-8-4-3-5-9-18)22(26)24-13-12-19(15-24)25-17(2)23-20-10-6-7-11-21(20)25/h3-11,14,19H,12-13,15H2,1-2H3/b16-14+/t19-/m0/s1. The summed E-state index contributed by atoms with van der Waals surface area (Å²) in [6.45, 7) is 5.47. The second kappa shape index (κ2) is 6.79. The first-order chi connectivity index (χ1) is 12.6. The van der Waals surface area contributed by atoms with E-state index in [-0.39, 0.29) is 11.9 Å². The molecular weight excluding hydrogens is 322 g/mol. The summed E-state index contributed by atoms with van der Waals surface area (Å²) in [5.41, 5.74) is 4.02. The summed E-state index contributed by atoms with van der Waals surface area (Å²) in [5, 5.41) is 0. The molecule has 132 valence electrons. The summed E-state index contributed by atoms with van der Waals surface area (Å²) >= 11 is 0. The molecule has 3 aromatic rings.